The van der Waals surface area contributed by atoms with Crippen molar-refractivity contribution in [3.8, 4) is 5.75 Å². The van der Waals surface area contributed by atoms with Gasteiger partial charge in [-0.05, 0) is 25.1 Å². The molecular formula is C12H17NO. The molecule has 0 unspecified atom stereocenters. The minimum absolute atomic E-state index is 0.692. The monoisotopic (exact) mass is 191 g/mol. The third-order valence-corrected chi connectivity index (χ3v) is 2.01. The van der Waals surface area contributed by atoms with Gasteiger partial charge in [0.05, 0.1) is 6.61 Å². The van der Waals surface area contributed by atoms with Gasteiger partial charge < -0.3 is 9.64 Å². The number of benzene rings is 1. The van der Waals surface area contributed by atoms with Gasteiger partial charge in [-0.1, -0.05) is 12.7 Å². The van der Waals surface area contributed by atoms with Gasteiger partial charge >= 0.3 is 0 Å². The van der Waals surface area contributed by atoms with E-state index in [4.69, 9.17) is 4.74 Å². The van der Waals surface area contributed by atoms with Crippen LogP contribution in [0, 0.1) is 0 Å². The maximum absolute atomic E-state index is 5.42. The molecule has 2 nitrogen and oxygen atoms in total. The van der Waals surface area contributed by atoms with E-state index in [-0.39, 0.29) is 0 Å². The number of nitrogens with zero attached hydrogens (tertiary/aromatic N) is 1. The van der Waals surface area contributed by atoms with Gasteiger partial charge in [0, 0.05) is 25.3 Å². The molecule has 0 fully saturated rings. The highest BCUT2D eigenvalue weighted by Gasteiger charge is 2.02. The van der Waals surface area contributed by atoms with Gasteiger partial charge in [0.25, 0.3) is 0 Å². The van der Waals surface area contributed by atoms with Crippen LogP contribution in [0.3, 0.4) is 0 Å². The van der Waals surface area contributed by atoms with E-state index < -0.39 is 0 Å². The summed E-state index contributed by atoms with van der Waals surface area (Å²) >= 11 is 0. The Balaban J connectivity index is 3.05. The van der Waals surface area contributed by atoms with Crippen molar-refractivity contribution in [2.45, 2.75) is 6.92 Å². The molecule has 0 spiro atoms. The minimum atomic E-state index is 0.692. The van der Waals surface area contributed by atoms with Crippen LogP contribution in [0.5, 0.6) is 5.75 Å². The summed E-state index contributed by atoms with van der Waals surface area (Å²) in [7, 11) is 4.03. The summed E-state index contributed by atoms with van der Waals surface area (Å²) in [5.74, 6) is 0.896. The first-order chi connectivity index (χ1) is 6.69. The average Bonchev–Trinajstić information content (AvgIpc) is 2.17. The highest BCUT2D eigenvalue weighted by molar-refractivity contribution is 5.68. The highest BCUT2D eigenvalue weighted by Crippen LogP contribution is 2.24. The van der Waals surface area contributed by atoms with E-state index in [0.29, 0.717) is 6.61 Å². The van der Waals surface area contributed by atoms with E-state index in [0.717, 1.165) is 17.0 Å². The lowest BCUT2D eigenvalue weighted by Crippen LogP contribution is -2.10. The van der Waals surface area contributed by atoms with Gasteiger partial charge in [0.2, 0.25) is 0 Å². The fourth-order valence-electron chi connectivity index (χ4n) is 1.36. The predicted octanol–water partition coefficient (Wildman–Crippen LogP) is 2.79. The first-order valence-electron chi connectivity index (χ1n) is 4.75. The second kappa shape index (κ2) is 4.70. The second-order valence-electron chi connectivity index (χ2n) is 3.25. The second-order valence-corrected chi connectivity index (χ2v) is 3.25. The molecule has 0 atom stereocenters. The quantitative estimate of drug-likeness (QED) is 0.725. The van der Waals surface area contributed by atoms with Gasteiger partial charge in [0.1, 0.15) is 5.75 Å². The molecule has 0 aromatic heterocycles. The van der Waals surface area contributed by atoms with E-state index >= 15 is 0 Å². The van der Waals surface area contributed by atoms with Crippen LogP contribution in [0.25, 0.3) is 6.08 Å². The molecule has 1 aromatic carbocycles. The van der Waals surface area contributed by atoms with E-state index in [1.54, 1.807) is 0 Å². The molecule has 0 bridgehead atoms. The van der Waals surface area contributed by atoms with Crippen molar-refractivity contribution in [1.82, 2.24) is 0 Å². The van der Waals surface area contributed by atoms with Crippen LogP contribution in [-0.2, 0) is 0 Å². The first-order valence-corrected chi connectivity index (χ1v) is 4.75. The lowest BCUT2D eigenvalue weighted by molar-refractivity contribution is 0.340. The van der Waals surface area contributed by atoms with Crippen molar-refractivity contribution in [2.24, 2.45) is 0 Å². The van der Waals surface area contributed by atoms with Gasteiger partial charge in [0.15, 0.2) is 0 Å². The van der Waals surface area contributed by atoms with Crippen LogP contribution in [0.15, 0.2) is 24.8 Å². The fourth-order valence-corrected chi connectivity index (χ4v) is 1.36. The summed E-state index contributed by atoms with van der Waals surface area (Å²) in [6.45, 7) is 6.46. The molecule has 0 radical (unpaired) electrons. The summed E-state index contributed by atoms with van der Waals surface area (Å²) in [6.07, 6.45) is 1.85. The molecule has 0 N–H and O–H groups in total. The van der Waals surface area contributed by atoms with E-state index in [9.17, 15) is 0 Å². The number of anilines is 1. The Hall–Kier alpha value is -1.44. The van der Waals surface area contributed by atoms with Crippen LogP contribution in [0.4, 0.5) is 5.69 Å². The molecule has 0 saturated heterocycles. The summed E-state index contributed by atoms with van der Waals surface area (Å²) in [5.41, 5.74) is 2.25. The van der Waals surface area contributed by atoms with Crippen LogP contribution in [0.1, 0.15) is 12.5 Å². The first kappa shape index (κ1) is 10.6. The Bertz CT molecular complexity index is 318. The van der Waals surface area contributed by atoms with E-state index in [1.165, 1.54) is 0 Å². The summed E-state index contributed by atoms with van der Waals surface area (Å²) in [4.78, 5) is 2.06. The third kappa shape index (κ3) is 2.28. The minimum Gasteiger partial charge on any atom is -0.494 e. The molecule has 0 heterocycles. The van der Waals surface area contributed by atoms with Gasteiger partial charge in [-0.15, -0.1) is 0 Å². The standard InChI is InChI=1S/C12H17NO/c1-5-10-9-11(14-6-2)7-8-12(10)13(3)4/h5,7-9H,1,6H2,2-4H3. The number of hydrogen-bond donors (Lipinski definition) is 0. The summed E-state index contributed by atoms with van der Waals surface area (Å²) < 4.78 is 5.42. The lowest BCUT2D eigenvalue weighted by Gasteiger charge is -2.16. The molecule has 1 rings (SSSR count). The molecule has 0 amide bonds. The van der Waals surface area contributed by atoms with Crippen LogP contribution >= 0.6 is 0 Å². The average molecular weight is 191 g/mol. The Labute approximate surface area is 85.8 Å². The zero-order valence-corrected chi connectivity index (χ0v) is 9.08. The number of rotatable bonds is 4. The maximum atomic E-state index is 5.42. The van der Waals surface area contributed by atoms with E-state index in [1.807, 2.05) is 45.3 Å². The van der Waals surface area contributed by atoms with Crippen molar-refractivity contribution >= 4 is 11.8 Å². The molecule has 76 valence electrons. The Morgan fingerprint density at radius 3 is 2.64 bits per heavy atom. The van der Waals surface area contributed by atoms with Crippen LogP contribution in [-0.4, -0.2) is 20.7 Å². The largest absolute Gasteiger partial charge is 0.494 e. The molecule has 2 heteroatoms. The Kier molecular flexibility index (Phi) is 3.57. The third-order valence-electron chi connectivity index (χ3n) is 2.01. The van der Waals surface area contributed by atoms with E-state index in [2.05, 4.69) is 11.5 Å². The summed E-state index contributed by atoms with van der Waals surface area (Å²) in [5, 5.41) is 0. The van der Waals surface area contributed by atoms with Crippen LogP contribution < -0.4 is 9.64 Å². The summed E-state index contributed by atoms with van der Waals surface area (Å²) in [6, 6.07) is 6.03. The zero-order chi connectivity index (χ0) is 10.6. The molecular weight excluding hydrogens is 174 g/mol. The maximum Gasteiger partial charge on any atom is 0.120 e. The van der Waals surface area contributed by atoms with Crippen molar-refractivity contribution in [3.05, 3.63) is 30.3 Å². The smallest absolute Gasteiger partial charge is 0.120 e. The predicted molar refractivity (Wildman–Crippen MR) is 62.0 cm³/mol. The molecule has 14 heavy (non-hydrogen) atoms. The number of ether oxygens (including phenoxy) is 1. The Morgan fingerprint density at radius 2 is 2.14 bits per heavy atom. The van der Waals surface area contributed by atoms with Crippen LogP contribution in [0.2, 0.25) is 0 Å². The molecule has 1 aromatic rings. The lowest BCUT2D eigenvalue weighted by atomic mass is 10.1. The van der Waals surface area contributed by atoms with Gasteiger partial charge in [-0.25, -0.2) is 0 Å². The van der Waals surface area contributed by atoms with Gasteiger partial charge in [-0.2, -0.15) is 0 Å². The SMILES string of the molecule is C=Cc1cc(OCC)ccc1N(C)C. The normalized spacial score (nSPS) is 9.64. The van der Waals surface area contributed by atoms with Crippen molar-refractivity contribution < 1.29 is 4.74 Å². The topological polar surface area (TPSA) is 12.5 Å². The highest BCUT2D eigenvalue weighted by atomic mass is 16.5. The van der Waals surface area contributed by atoms with Crippen molar-refractivity contribution in [2.75, 3.05) is 25.6 Å². The zero-order valence-electron chi connectivity index (χ0n) is 9.08. The van der Waals surface area contributed by atoms with Crippen molar-refractivity contribution in [1.29, 1.82) is 0 Å². The number of hydrogen-bond acceptors (Lipinski definition) is 2. The molecule has 0 aliphatic carbocycles. The molecule has 0 aliphatic heterocycles. The fraction of sp³-hybridized carbons (Fsp3) is 0.333. The Morgan fingerprint density at radius 1 is 1.43 bits per heavy atom. The van der Waals surface area contributed by atoms with Crippen molar-refractivity contribution in [3.63, 3.8) is 0 Å². The molecule has 0 saturated carbocycles. The van der Waals surface area contributed by atoms with Gasteiger partial charge in [-0.3, -0.25) is 0 Å². The molecule has 0 aliphatic rings.